The molecule has 0 fully saturated rings. The van der Waals surface area contributed by atoms with Gasteiger partial charge in [0, 0.05) is 0 Å². The van der Waals surface area contributed by atoms with E-state index in [1.165, 1.54) is 0 Å². The molecule has 0 aliphatic heterocycles. The Morgan fingerprint density at radius 1 is 1.67 bits per heavy atom. The van der Waals surface area contributed by atoms with E-state index in [-0.39, 0.29) is 16.1 Å². The first kappa shape index (κ1) is 12.0. The van der Waals surface area contributed by atoms with Crippen LogP contribution in [0.5, 0.6) is 5.88 Å². The summed E-state index contributed by atoms with van der Waals surface area (Å²) in [6, 6.07) is 0. The van der Waals surface area contributed by atoms with Crippen LogP contribution in [0.15, 0.2) is 9.00 Å². The Balaban J connectivity index is 2.94. The van der Waals surface area contributed by atoms with Crippen molar-refractivity contribution in [2.45, 2.75) is 6.42 Å². The largest absolute Gasteiger partial charge is 0.481 e. The molecule has 7 nitrogen and oxygen atoms in total. The number of nitrogens with zero attached hydrogens (tertiary/aromatic N) is 1. The van der Waals surface area contributed by atoms with Gasteiger partial charge in [-0.2, -0.15) is 8.42 Å². The van der Waals surface area contributed by atoms with Gasteiger partial charge in [0.1, 0.15) is 10.9 Å². The molecule has 0 radical (unpaired) electrons. The topological polar surface area (TPSA) is 107 Å². The average molecular weight is 300 g/mol. The molecule has 0 saturated heterocycles. The van der Waals surface area contributed by atoms with Crippen molar-refractivity contribution in [1.82, 2.24) is 5.16 Å². The van der Waals surface area contributed by atoms with Crippen LogP contribution in [0.1, 0.15) is 5.76 Å². The third kappa shape index (κ3) is 3.51. The van der Waals surface area contributed by atoms with Gasteiger partial charge < -0.3 is 13.8 Å². The molecule has 0 aliphatic carbocycles. The first-order valence-corrected chi connectivity index (χ1v) is 6.16. The molecule has 0 aromatic carbocycles. The molecule has 1 aromatic rings. The van der Waals surface area contributed by atoms with E-state index in [1.54, 1.807) is 0 Å². The quantitative estimate of drug-likeness (QED) is 0.802. The lowest BCUT2D eigenvalue weighted by Gasteiger charge is -1.96. The molecule has 1 aromatic heterocycles. The van der Waals surface area contributed by atoms with Crippen molar-refractivity contribution in [3.63, 3.8) is 0 Å². The predicted molar refractivity (Wildman–Crippen MR) is 51.0 cm³/mol. The molecule has 1 heterocycles. The van der Waals surface area contributed by atoms with Gasteiger partial charge in [-0.25, -0.2) is 0 Å². The molecule has 0 spiro atoms. The van der Waals surface area contributed by atoms with Crippen molar-refractivity contribution in [3.05, 3.63) is 10.2 Å². The highest BCUT2D eigenvalue weighted by Gasteiger charge is 2.20. The van der Waals surface area contributed by atoms with Gasteiger partial charge in [-0.05, 0) is 21.1 Å². The van der Waals surface area contributed by atoms with Crippen molar-refractivity contribution in [3.8, 4) is 5.88 Å². The molecule has 0 amide bonds. The molecule has 0 unspecified atom stereocenters. The van der Waals surface area contributed by atoms with Crippen molar-refractivity contribution in [2.24, 2.45) is 0 Å². The highest BCUT2D eigenvalue weighted by molar-refractivity contribution is 9.10. The van der Waals surface area contributed by atoms with Crippen LogP contribution in [-0.2, 0) is 21.3 Å². The summed E-state index contributed by atoms with van der Waals surface area (Å²) in [7, 11) is -3.71. The van der Waals surface area contributed by atoms with Crippen molar-refractivity contribution in [2.75, 3.05) is 6.26 Å². The summed E-state index contributed by atoms with van der Waals surface area (Å²) in [5, 5.41) is 11.7. The van der Waals surface area contributed by atoms with Gasteiger partial charge in [0.15, 0.2) is 5.76 Å². The second-order valence-corrected chi connectivity index (χ2v) is 4.95. The molecule has 84 valence electrons. The molecular weight excluding hydrogens is 294 g/mol. The standard InChI is InChI=1S/C6H6BrNO6S/c1-15(11,12)14-6-5(7)3(13-8-6)2-4(9)10/h2H2,1H3,(H,9,10). The fraction of sp³-hybridized carbons (Fsp3) is 0.333. The summed E-state index contributed by atoms with van der Waals surface area (Å²) in [4.78, 5) is 10.3. The first-order valence-electron chi connectivity index (χ1n) is 3.55. The molecule has 15 heavy (non-hydrogen) atoms. The van der Waals surface area contributed by atoms with Gasteiger partial charge in [0.2, 0.25) is 0 Å². The number of hydrogen-bond donors (Lipinski definition) is 1. The van der Waals surface area contributed by atoms with E-state index in [0.29, 0.717) is 0 Å². The van der Waals surface area contributed by atoms with E-state index in [2.05, 4.69) is 29.8 Å². The molecule has 9 heteroatoms. The maximum atomic E-state index is 10.7. The highest BCUT2D eigenvalue weighted by Crippen LogP contribution is 2.28. The van der Waals surface area contributed by atoms with Crippen LogP contribution in [0.3, 0.4) is 0 Å². The van der Waals surface area contributed by atoms with Crippen LogP contribution in [0.4, 0.5) is 0 Å². The van der Waals surface area contributed by atoms with E-state index in [1.807, 2.05) is 0 Å². The SMILES string of the molecule is CS(=O)(=O)Oc1noc(CC(=O)O)c1Br. The number of aromatic nitrogens is 1. The number of halogens is 1. The minimum absolute atomic E-state index is 0.0128. The molecule has 0 saturated carbocycles. The van der Waals surface area contributed by atoms with Crippen LogP contribution < -0.4 is 4.18 Å². The van der Waals surface area contributed by atoms with Crippen LogP contribution >= 0.6 is 15.9 Å². The lowest BCUT2D eigenvalue weighted by atomic mass is 10.3. The van der Waals surface area contributed by atoms with Crippen LogP contribution in [0.25, 0.3) is 0 Å². The van der Waals surface area contributed by atoms with Gasteiger partial charge in [-0.15, -0.1) is 0 Å². The van der Waals surface area contributed by atoms with Gasteiger partial charge in [-0.1, -0.05) is 0 Å². The number of hydrogen-bond acceptors (Lipinski definition) is 6. The summed E-state index contributed by atoms with van der Waals surface area (Å²) in [6.45, 7) is 0. The summed E-state index contributed by atoms with van der Waals surface area (Å²) < 4.78 is 30.6. The average Bonchev–Trinajstić information content (AvgIpc) is 2.32. The maximum absolute atomic E-state index is 10.7. The Bertz CT molecular complexity index is 478. The summed E-state index contributed by atoms with van der Waals surface area (Å²) in [5.41, 5.74) is 0. The Hall–Kier alpha value is -1.09. The zero-order chi connectivity index (χ0) is 11.6. The minimum Gasteiger partial charge on any atom is -0.481 e. The fourth-order valence-electron chi connectivity index (χ4n) is 0.738. The lowest BCUT2D eigenvalue weighted by Crippen LogP contribution is -2.06. The van der Waals surface area contributed by atoms with Crippen molar-refractivity contribution in [1.29, 1.82) is 0 Å². The second-order valence-electron chi connectivity index (χ2n) is 2.58. The molecule has 1 rings (SSSR count). The van der Waals surface area contributed by atoms with E-state index in [0.717, 1.165) is 6.26 Å². The number of aliphatic carboxylic acids is 1. The molecule has 0 bridgehead atoms. The van der Waals surface area contributed by atoms with Crippen molar-refractivity contribution < 1.29 is 27.0 Å². The minimum atomic E-state index is -3.71. The van der Waals surface area contributed by atoms with Crippen LogP contribution in [0, 0.1) is 0 Å². The normalized spacial score (nSPS) is 11.3. The summed E-state index contributed by atoms with van der Waals surface area (Å²) in [6.07, 6.45) is 0.422. The number of carboxylic acid groups (broad SMARTS) is 1. The molecular formula is C6H6BrNO6S. The Morgan fingerprint density at radius 2 is 2.27 bits per heavy atom. The van der Waals surface area contributed by atoms with E-state index < -0.39 is 22.5 Å². The van der Waals surface area contributed by atoms with E-state index in [4.69, 9.17) is 5.11 Å². The fourth-order valence-corrected chi connectivity index (χ4v) is 1.61. The Labute approximate surface area is 93.3 Å². The zero-order valence-electron chi connectivity index (χ0n) is 7.43. The summed E-state index contributed by atoms with van der Waals surface area (Å²) in [5.74, 6) is -1.45. The molecule has 0 aliphatic rings. The Morgan fingerprint density at radius 3 is 2.73 bits per heavy atom. The lowest BCUT2D eigenvalue weighted by molar-refractivity contribution is -0.136. The summed E-state index contributed by atoms with van der Waals surface area (Å²) >= 11 is 2.92. The van der Waals surface area contributed by atoms with Crippen LogP contribution in [0.2, 0.25) is 0 Å². The van der Waals surface area contributed by atoms with Crippen LogP contribution in [-0.4, -0.2) is 30.9 Å². The molecule has 0 atom stereocenters. The second kappa shape index (κ2) is 4.19. The number of carbonyl (C=O) groups is 1. The predicted octanol–water partition coefficient (Wildman–Crippen LogP) is 0.403. The number of carboxylic acids is 1. The maximum Gasteiger partial charge on any atom is 0.311 e. The third-order valence-corrected chi connectivity index (χ3v) is 2.46. The first-order chi connectivity index (χ1) is 6.79. The number of rotatable bonds is 4. The van der Waals surface area contributed by atoms with Crippen molar-refractivity contribution >= 4 is 32.0 Å². The van der Waals surface area contributed by atoms with Gasteiger partial charge in [0.25, 0.3) is 5.88 Å². The van der Waals surface area contributed by atoms with Gasteiger partial charge in [0.05, 0.1) is 6.26 Å². The van der Waals surface area contributed by atoms with Gasteiger partial charge in [-0.3, -0.25) is 4.79 Å². The highest BCUT2D eigenvalue weighted by atomic mass is 79.9. The third-order valence-electron chi connectivity index (χ3n) is 1.21. The van der Waals surface area contributed by atoms with Gasteiger partial charge >= 0.3 is 16.1 Å². The molecule has 1 N–H and O–H groups in total. The monoisotopic (exact) mass is 299 g/mol. The zero-order valence-corrected chi connectivity index (χ0v) is 9.83. The van der Waals surface area contributed by atoms with E-state index >= 15 is 0 Å². The van der Waals surface area contributed by atoms with E-state index in [9.17, 15) is 13.2 Å². The smallest absolute Gasteiger partial charge is 0.311 e. The Kier molecular flexibility index (Phi) is 3.35.